The van der Waals surface area contributed by atoms with Crippen molar-refractivity contribution < 1.29 is 0 Å². The number of hydrogen-bond acceptors (Lipinski definition) is 5. The number of nitrogens with one attached hydrogen (secondary N) is 1. The molecule has 2 rings (SSSR count). The first-order valence-electron chi connectivity index (χ1n) is 6.46. The third-order valence-corrected chi connectivity index (χ3v) is 2.73. The maximum Gasteiger partial charge on any atom is 0.224 e. The number of rotatable bonds is 6. The molecule has 5 nitrogen and oxygen atoms in total. The molecule has 2 heterocycles. The summed E-state index contributed by atoms with van der Waals surface area (Å²) >= 11 is 0. The molecule has 19 heavy (non-hydrogen) atoms. The Balaban J connectivity index is 2.04. The quantitative estimate of drug-likeness (QED) is 0.860. The van der Waals surface area contributed by atoms with E-state index in [2.05, 4.69) is 32.1 Å². The first kappa shape index (κ1) is 13.3. The maximum atomic E-state index is 4.49. The minimum atomic E-state index is 0.681. The zero-order valence-electron chi connectivity index (χ0n) is 11.4. The van der Waals surface area contributed by atoms with Crippen molar-refractivity contribution in [1.29, 1.82) is 0 Å². The van der Waals surface area contributed by atoms with Crippen LogP contribution in [0.4, 0.5) is 11.8 Å². The number of anilines is 2. The normalized spacial score (nSPS) is 10.2. The summed E-state index contributed by atoms with van der Waals surface area (Å²) in [4.78, 5) is 14.8. The average Bonchev–Trinajstić information content (AvgIpc) is 2.46. The molecule has 2 aromatic heterocycles. The molecule has 0 unspecified atom stereocenters. The zero-order valence-corrected chi connectivity index (χ0v) is 11.4. The predicted molar refractivity (Wildman–Crippen MR) is 77.2 cm³/mol. The van der Waals surface area contributed by atoms with E-state index < -0.39 is 0 Å². The van der Waals surface area contributed by atoms with Crippen LogP contribution in [0.15, 0.2) is 36.8 Å². The van der Waals surface area contributed by atoms with Crippen LogP contribution in [0.1, 0.15) is 18.9 Å². The molecule has 0 aliphatic rings. The van der Waals surface area contributed by atoms with Crippen LogP contribution in [0, 0.1) is 0 Å². The van der Waals surface area contributed by atoms with Crippen LogP contribution in [-0.4, -0.2) is 28.5 Å². The fraction of sp³-hybridized carbons (Fsp3) is 0.357. The lowest BCUT2D eigenvalue weighted by Gasteiger charge is -2.18. The van der Waals surface area contributed by atoms with E-state index in [4.69, 9.17) is 0 Å². The lowest BCUT2D eigenvalue weighted by molar-refractivity contribution is 0.882. The Morgan fingerprint density at radius 3 is 2.68 bits per heavy atom. The molecule has 0 radical (unpaired) electrons. The lowest BCUT2D eigenvalue weighted by Crippen LogP contribution is -2.18. The van der Waals surface area contributed by atoms with E-state index in [9.17, 15) is 0 Å². The van der Waals surface area contributed by atoms with Crippen LogP contribution >= 0.6 is 0 Å². The second-order valence-corrected chi connectivity index (χ2v) is 4.38. The summed E-state index contributed by atoms with van der Waals surface area (Å²) in [5.74, 6) is 1.59. The van der Waals surface area contributed by atoms with Crippen LogP contribution < -0.4 is 10.2 Å². The zero-order chi connectivity index (χ0) is 13.5. The number of aromatic nitrogens is 3. The molecule has 0 spiro atoms. The second-order valence-electron chi connectivity index (χ2n) is 4.38. The molecule has 0 aromatic carbocycles. The average molecular weight is 257 g/mol. The molecule has 0 saturated carbocycles. The highest BCUT2D eigenvalue weighted by molar-refractivity contribution is 5.42. The van der Waals surface area contributed by atoms with Gasteiger partial charge in [-0.3, -0.25) is 4.98 Å². The SMILES string of the molecule is CCCNc1nccc(N(C)Cc2ccncc2)n1. The third kappa shape index (κ3) is 3.91. The van der Waals surface area contributed by atoms with E-state index >= 15 is 0 Å². The van der Waals surface area contributed by atoms with Gasteiger partial charge in [0.2, 0.25) is 5.95 Å². The second kappa shape index (κ2) is 6.68. The molecule has 100 valence electrons. The van der Waals surface area contributed by atoms with Gasteiger partial charge in [0.05, 0.1) is 0 Å². The van der Waals surface area contributed by atoms with Crippen LogP contribution in [0.5, 0.6) is 0 Å². The van der Waals surface area contributed by atoms with Crippen LogP contribution in [0.3, 0.4) is 0 Å². The Kier molecular flexibility index (Phi) is 4.66. The summed E-state index contributed by atoms with van der Waals surface area (Å²) in [6, 6.07) is 5.93. The van der Waals surface area contributed by atoms with Crippen molar-refractivity contribution in [2.75, 3.05) is 23.8 Å². The van der Waals surface area contributed by atoms with Crippen LogP contribution in [0.25, 0.3) is 0 Å². The van der Waals surface area contributed by atoms with Crippen LogP contribution in [0.2, 0.25) is 0 Å². The summed E-state index contributed by atoms with van der Waals surface area (Å²) in [7, 11) is 2.02. The Labute approximate surface area is 113 Å². The Bertz CT molecular complexity index is 500. The smallest absolute Gasteiger partial charge is 0.224 e. The van der Waals surface area contributed by atoms with Gasteiger partial charge in [-0.25, -0.2) is 4.98 Å². The van der Waals surface area contributed by atoms with Crippen LogP contribution in [-0.2, 0) is 6.54 Å². The molecule has 0 atom stereocenters. The maximum absolute atomic E-state index is 4.49. The molecular weight excluding hydrogens is 238 g/mol. The highest BCUT2D eigenvalue weighted by Gasteiger charge is 2.05. The number of hydrogen-bond donors (Lipinski definition) is 1. The molecule has 5 heteroatoms. The van der Waals surface area contributed by atoms with Crippen molar-refractivity contribution in [3.63, 3.8) is 0 Å². The summed E-state index contributed by atoms with van der Waals surface area (Å²) in [5, 5.41) is 3.19. The molecule has 0 fully saturated rings. The lowest BCUT2D eigenvalue weighted by atomic mass is 10.2. The molecule has 0 bridgehead atoms. The Morgan fingerprint density at radius 2 is 1.95 bits per heavy atom. The van der Waals surface area contributed by atoms with Gasteiger partial charge >= 0.3 is 0 Å². The summed E-state index contributed by atoms with van der Waals surface area (Å²) in [6.07, 6.45) is 6.44. The third-order valence-electron chi connectivity index (χ3n) is 2.73. The molecule has 0 aliphatic carbocycles. The Hall–Kier alpha value is -2.17. The molecule has 1 N–H and O–H groups in total. The molecule has 0 amide bonds. The van der Waals surface area contributed by atoms with E-state index in [1.807, 2.05) is 25.2 Å². The van der Waals surface area contributed by atoms with Gasteiger partial charge in [-0.1, -0.05) is 6.92 Å². The van der Waals surface area contributed by atoms with Gasteiger partial charge in [-0.2, -0.15) is 4.98 Å². The first-order chi connectivity index (χ1) is 9.29. The topological polar surface area (TPSA) is 53.9 Å². The summed E-state index contributed by atoms with van der Waals surface area (Å²) < 4.78 is 0. The minimum absolute atomic E-state index is 0.681. The van der Waals surface area contributed by atoms with Gasteiger partial charge in [0.1, 0.15) is 5.82 Å². The number of nitrogens with zero attached hydrogens (tertiary/aromatic N) is 4. The molecule has 0 aliphatic heterocycles. The van der Waals surface area contributed by atoms with E-state index in [1.165, 1.54) is 5.56 Å². The molecule has 2 aromatic rings. The van der Waals surface area contributed by atoms with Gasteiger partial charge in [0.25, 0.3) is 0 Å². The van der Waals surface area contributed by atoms with E-state index in [-0.39, 0.29) is 0 Å². The van der Waals surface area contributed by atoms with E-state index in [1.54, 1.807) is 18.6 Å². The molecule has 0 saturated heterocycles. The predicted octanol–water partition coefficient (Wildman–Crippen LogP) is 2.33. The van der Waals surface area contributed by atoms with Crippen molar-refractivity contribution in [3.05, 3.63) is 42.4 Å². The Morgan fingerprint density at radius 1 is 1.16 bits per heavy atom. The summed E-state index contributed by atoms with van der Waals surface area (Å²) in [6.45, 7) is 3.80. The fourth-order valence-electron chi connectivity index (χ4n) is 1.73. The van der Waals surface area contributed by atoms with Gasteiger partial charge < -0.3 is 10.2 Å². The van der Waals surface area contributed by atoms with Gasteiger partial charge in [-0.15, -0.1) is 0 Å². The van der Waals surface area contributed by atoms with Gasteiger partial charge in [0.15, 0.2) is 0 Å². The van der Waals surface area contributed by atoms with Crippen molar-refractivity contribution in [2.24, 2.45) is 0 Å². The largest absolute Gasteiger partial charge is 0.355 e. The molecular formula is C14H19N5. The highest BCUT2D eigenvalue weighted by Crippen LogP contribution is 2.13. The van der Waals surface area contributed by atoms with Crippen molar-refractivity contribution >= 4 is 11.8 Å². The van der Waals surface area contributed by atoms with E-state index in [0.717, 1.165) is 25.3 Å². The minimum Gasteiger partial charge on any atom is -0.355 e. The van der Waals surface area contributed by atoms with Crippen molar-refractivity contribution in [1.82, 2.24) is 15.0 Å². The monoisotopic (exact) mass is 257 g/mol. The van der Waals surface area contributed by atoms with Gasteiger partial charge in [-0.05, 0) is 30.2 Å². The summed E-state index contributed by atoms with van der Waals surface area (Å²) in [5.41, 5.74) is 1.21. The number of pyridine rings is 1. The van der Waals surface area contributed by atoms with Gasteiger partial charge in [0, 0.05) is 38.7 Å². The first-order valence-corrected chi connectivity index (χ1v) is 6.46. The van der Waals surface area contributed by atoms with Crippen molar-refractivity contribution in [2.45, 2.75) is 19.9 Å². The van der Waals surface area contributed by atoms with Crippen molar-refractivity contribution in [3.8, 4) is 0 Å². The van der Waals surface area contributed by atoms with E-state index in [0.29, 0.717) is 5.95 Å². The standard InChI is InChI=1S/C14H19N5/c1-3-7-16-14-17-10-6-13(18-14)19(2)11-12-4-8-15-9-5-12/h4-6,8-10H,3,7,11H2,1-2H3,(H,16,17,18). The highest BCUT2D eigenvalue weighted by atomic mass is 15.2. The fourth-order valence-corrected chi connectivity index (χ4v) is 1.73.